The summed E-state index contributed by atoms with van der Waals surface area (Å²) >= 11 is 11.8. The summed E-state index contributed by atoms with van der Waals surface area (Å²) in [6, 6.07) is 3.89. The van der Waals surface area contributed by atoms with Crippen LogP contribution in [0.15, 0.2) is 18.2 Å². The van der Waals surface area contributed by atoms with Gasteiger partial charge < -0.3 is 10.6 Å². The number of amides is 2. The van der Waals surface area contributed by atoms with Crippen LogP contribution in [0.3, 0.4) is 0 Å². The van der Waals surface area contributed by atoms with Crippen LogP contribution in [0.5, 0.6) is 0 Å². The van der Waals surface area contributed by atoms with Gasteiger partial charge in [-0.2, -0.15) is 0 Å². The number of benzene rings is 1. The van der Waals surface area contributed by atoms with E-state index in [0.717, 1.165) is 0 Å². The second-order valence-electron chi connectivity index (χ2n) is 5.20. The molecule has 2 N–H and O–H groups in total. The third-order valence-corrected chi connectivity index (χ3v) is 3.42. The van der Waals surface area contributed by atoms with E-state index in [1.165, 1.54) is 12.1 Å². The van der Waals surface area contributed by atoms with Crippen molar-refractivity contribution in [2.45, 2.75) is 26.3 Å². The summed E-state index contributed by atoms with van der Waals surface area (Å²) in [6.07, 6.45) is 5.62. The molecule has 0 saturated carbocycles. The number of carbonyl (C=O) groups is 2. The molecule has 1 aromatic carbocycles. The summed E-state index contributed by atoms with van der Waals surface area (Å²) in [6.45, 7) is 4.04. The molecule has 6 heteroatoms. The second kappa shape index (κ2) is 8.67. The molecule has 1 aromatic rings. The normalized spacial score (nSPS) is 11.6. The molecule has 0 fully saturated rings. The Bertz CT molecular complexity index is 594. The first kappa shape index (κ1) is 18.3. The fraction of sp³-hybridized carbons (Fsp3) is 0.375. The average molecular weight is 341 g/mol. The fourth-order valence-corrected chi connectivity index (χ4v) is 2.37. The molecular weight excluding hydrogens is 323 g/mol. The molecule has 0 aliphatic carbocycles. The number of nitrogens with one attached hydrogen (secondary N) is 2. The Morgan fingerprint density at radius 2 is 2.00 bits per heavy atom. The highest BCUT2D eigenvalue weighted by atomic mass is 35.5. The van der Waals surface area contributed by atoms with E-state index in [1.807, 2.05) is 13.8 Å². The summed E-state index contributed by atoms with van der Waals surface area (Å²) < 4.78 is 0. The predicted octanol–water partition coefficient (Wildman–Crippen LogP) is 2.89. The van der Waals surface area contributed by atoms with Crippen molar-refractivity contribution in [3.8, 4) is 12.3 Å². The highest BCUT2D eigenvalue weighted by Gasteiger charge is 2.23. The van der Waals surface area contributed by atoms with Gasteiger partial charge in [0.05, 0.1) is 17.1 Å². The maximum absolute atomic E-state index is 12.3. The van der Waals surface area contributed by atoms with Crippen LogP contribution in [0.1, 0.15) is 30.6 Å². The molecule has 2 amide bonds. The van der Waals surface area contributed by atoms with Gasteiger partial charge in [-0.05, 0) is 30.5 Å². The fourth-order valence-electron chi connectivity index (χ4n) is 1.87. The zero-order valence-electron chi connectivity index (χ0n) is 12.5. The van der Waals surface area contributed by atoms with Crippen molar-refractivity contribution in [2.75, 3.05) is 6.54 Å². The summed E-state index contributed by atoms with van der Waals surface area (Å²) in [4.78, 5) is 24.4. The summed E-state index contributed by atoms with van der Waals surface area (Å²) in [5.74, 6) is 1.81. The van der Waals surface area contributed by atoms with E-state index in [-0.39, 0.29) is 29.0 Å². The van der Waals surface area contributed by atoms with Crippen molar-refractivity contribution >= 4 is 35.0 Å². The van der Waals surface area contributed by atoms with Gasteiger partial charge in [-0.3, -0.25) is 9.59 Å². The molecule has 22 heavy (non-hydrogen) atoms. The van der Waals surface area contributed by atoms with Crippen LogP contribution in [0.4, 0.5) is 0 Å². The minimum atomic E-state index is -0.674. The largest absolute Gasteiger partial charge is 0.343 e. The van der Waals surface area contributed by atoms with E-state index < -0.39 is 11.9 Å². The molecule has 0 aromatic heterocycles. The number of carbonyl (C=O) groups excluding carboxylic acids is 2. The number of terminal acetylenes is 1. The molecular formula is C16H18Cl2N2O2. The summed E-state index contributed by atoms with van der Waals surface area (Å²) in [7, 11) is 0. The molecule has 1 atom stereocenters. The van der Waals surface area contributed by atoms with Crippen LogP contribution >= 0.6 is 23.2 Å². The zero-order valence-corrected chi connectivity index (χ0v) is 14.0. The van der Waals surface area contributed by atoms with Crippen molar-refractivity contribution in [2.24, 2.45) is 5.92 Å². The number of halogens is 2. The Morgan fingerprint density at radius 3 is 2.55 bits per heavy atom. The van der Waals surface area contributed by atoms with Crippen LogP contribution in [0.2, 0.25) is 10.0 Å². The lowest BCUT2D eigenvalue weighted by atomic mass is 10.0. The third-order valence-electron chi connectivity index (χ3n) is 2.87. The van der Waals surface area contributed by atoms with Crippen molar-refractivity contribution in [3.05, 3.63) is 33.8 Å². The molecule has 0 saturated heterocycles. The number of rotatable bonds is 6. The predicted molar refractivity (Wildman–Crippen MR) is 89.0 cm³/mol. The number of hydrogen-bond acceptors (Lipinski definition) is 2. The Kier molecular flexibility index (Phi) is 7.23. The third kappa shape index (κ3) is 5.59. The lowest BCUT2D eigenvalue weighted by Crippen LogP contribution is -2.47. The average Bonchev–Trinajstić information content (AvgIpc) is 2.43. The van der Waals surface area contributed by atoms with Crippen molar-refractivity contribution in [3.63, 3.8) is 0 Å². The van der Waals surface area contributed by atoms with Crippen LogP contribution < -0.4 is 10.6 Å². The van der Waals surface area contributed by atoms with E-state index in [4.69, 9.17) is 29.6 Å². The maximum atomic E-state index is 12.3. The lowest BCUT2D eigenvalue weighted by molar-refractivity contribution is -0.123. The van der Waals surface area contributed by atoms with E-state index in [2.05, 4.69) is 16.6 Å². The Morgan fingerprint density at radius 1 is 1.32 bits per heavy atom. The molecule has 0 spiro atoms. The van der Waals surface area contributed by atoms with E-state index in [9.17, 15) is 9.59 Å². The van der Waals surface area contributed by atoms with Crippen molar-refractivity contribution in [1.82, 2.24) is 10.6 Å². The summed E-state index contributed by atoms with van der Waals surface area (Å²) in [5, 5.41) is 5.93. The van der Waals surface area contributed by atoms with Gasteiger partial charge in [-0.25, -0.2) is 0 Å². The monoisotopic (exact) mass is 340 g/mol. The Hall–Kier alpha value is -1.70. The van der Waals surface area contributed by atoms with Gasteiger partial charge in [-0.1, -0.05) is 43.0 Å². The van der Waals surface area contributed by atoms with Crippen molar-refractivity contribution in [1.29, 1.82) is 0 Å². The number of hydrogen-bond donors (Lipinski definition) is 2. The first-order chi connectivity index (χ1) is 10.3. The van der Waals surface area contributed by atoms with E-state index in [0.29, 0.717) is 11.4 Å². The first-order valence-electron chi connectivity index (χ1n) is 6.82. The molecule has 0 aliphatic rings. The second-order valence-corrected chi connectivity index (χ2v) is 6.05. The van der Waals surface area contributed by atoms with Gasteiger partial charge in [0, 0.05) is 5.02 Å². The van der Waals surface area contributed by atoms with Crippen molar-refractivity contribution < 1.29 is 9.59 Å². The van der Waals surface area contributed by atoms with Gasteiger partial charge in [-0.15, -0.1) is 6.42 Å². The smallest absolute Gasteiger partial charge is 0.253 e. The Balaban J connectivity index is 2.86. The van der Waals surface area contributed by atoms with Gasteiger partial charge in [0.1, 0.15) is 6.04 Å². The standard InChI is InChI=1S/C16H18Cl2N2O2/c1-4-7-19-16(22)14(8-10(2)3)20-15(21)12-6-5-11(17)9-13(12)18/h1,5-6,9-10,14H,7-8H2,2-3H3,(H,19,22)(H,20,21)/t14-/m1/s1. The molecule has 4 nitrogen and oxygen atoms in total. The van der Waals surface area contributed by atoms with Crippen LogP contribution in [0.25, 0.3) is 0 Å². The van der Waals surface area contributed by atoms with Gasteiger partial charge in [0.25, 0.3) is 5.91 Å². The maximum Gasteiger partial charge on any atom is 0.253 e. The van der Waals surface area contributed by atoms with Gasteiger partial charge >= 0.3 is 0 Å². The molecule has 0 heterocycles. The van der Waals surface area contributed by atoms with Crippen LogP contribution in [0, 0.1) is 18.3 Å². The zero-order chi connectivity index (χ0) is 16.7. The van der Waals surface area contributed by atoms with E-state index in [1.54, 1.807) is 6.07 Å². The first-order valence-corrected chi connectivity index (χ1v) is 7.57. The lowest BCUT2D eigenvalue weighted by Gasteiger charge is -2.20. The van der Waals surface area contributed by atoms with Gasteiger partial charge in [0.2, 0.25) is 5.91 Å². The quantitative estimate of drug-likeness (QED) is 0.782. The Labute approximate surface area is 140 Å². The molecule has 0 unspecified atom stereocenters. The minimum Gasteiger partial charge on any atom is -0.343 e. The van der Waals surface area contributed by atoms with Crippen LogP contribution in [-0.4, -0.2) is 24.4 Å². The molecule has 0 radical (unpaired) electrons. The summed E-state index contributed by atoms with van der Waals surface area (Å²) in [5.41, 5.74) is 0.268. The SMILES string of the molecule is C#CCNC(=O)[C@@H](CC(C)C)NC(=O)c1ccc(Cl)cc1Cl. The minimum absolute atomic E-state index is 0.116. The highest BCUT2D eigenvalue weighted by molar-refractivity contribution is 6.36. The molecule has 118 valence electrons. The highest BCUT2D eigenvalue weighted by Crippen LogP contribution is 2.21. The van der Waals surface area contributed by atoms with Crippen LogP contribution in [-0.2, 0) is 4.79 Å². The molecule has 0 aliphatic heterocycles. The molecule has 1 rings (SSSR count). The topological polar surface area (TPSA) is 58.2 Å². The van der Waals surface area contributed by atoms with E-state index >= 15 is 0 Å². The van der Waals surface area contributed by atoms with Gasteiger partial charge in [0.15, 0.2) is 0 Å². The molecule has 0 bridgehead atoms.